The van der Waals surface area contributed by atoms with Gasteiger partial charge in [0, 0.05) is 16.6 Å². The van der Waals surface area contributed by atoms with Gasteiger partial charge in [0.2, 0.25) is 5.91 Å². The molecule has 2 aromatic carbocycles. The Morgan fingerprint density at radius 1 is 1.20 bits per heavy atom. The summed E-state index contributed by atoms with van der Waals surface area (Å²) in [5.41, 5.74) is 1.77. The van der Waals surface area contributed by atoms with Gasteiger partial charge in [0.15, 0.2) is 5.13 Å². The van der Waals surface area contributed by atoms with E-state index in [0.29, 0.717) is 27.8 Å². The van der Waals surface area contributed by atoms with E-state index in [4.69, 9.17) is 11.6 Å². The zero-order valence-corrected chi connectivity index (χ0v) is 16.3. The Morgan fingerprint density at radius 3 is 2.76 bits per heavy atom. The molecule has 0 fully saturated rings. The summed E-state index contributed by atoms with van der Waals surface area (Å²) in [5.74, 6) is -0.383. The number of amides is 2. The summed E-state index contributed by atoms with van der Waals surface area (Å²) in [5, 5.41) is 6.49. The molecular weight excluding hydrogens is 426 g/mol. The van der Waals surface area contributed by atoms with Crippen LogP contribution in [0.25, 0.3) is 10.2 Å². The van der Waals surface area contributed by atoms with Gasteiger partial charge in [0.25, 0.3) is 5.91 Å². The summed E-state index contributed by atoms with van der Waals surface area (Å²) in [4.78, 5) is 28.2. The van der Waals surface area contributed by atoms with Gasteiger partial charge in [-0.05, 0) is 36.4 Å². The minimum Gasteiger partial charge on any atom is -0.322 e. The van der Waals surface area contributed by atoms with E-state index < -0.39 is 0 Å². The molecule has 0 aliphatic heterocycles. The highest BCUT2D eigenvalue weighted by atomic mass is 79.9. The van der Waals surface area contributed by atoms with Gasteiger partial charge in [-0.3, -0.25) is 9.59 Å². The van der Waals surface area contributed by atoms with E-state index in [0.717, 1.165) is 14.7 Å². The Hall–Kier alpha value is -1.96. The monoisotopic (exact) mass is 437 g/mol. The number of nitrogens with zero attached hydrogens (tertiary/aromatic N) is 1. The fraction of sp³-hybridized carbons (Fsp3) is 0.118. The van der Waals surface area contributed by atoms with Crippen molar-refractivity contribution in [2.24, 2.45) is 0 Å². The second-order valence-corrected chi connectivity index (χ2v) is 7.54. The van der Waals surface area contributed by atoms with Crippen LogP contribution in [-0.2, 0) is 4.79 Å². The van der Waals surface area contributed by atoms with Gasteiger partial charge in [0.05, 0.1) is 20.8 Å². The molecule has 8 heteroatoms. The molecule has 5 nitrogen and oxygen atoms in total. The number of carbonyl (C=O) groups excluding carboxylic acids is 2. The van der Waals surface area contributed by atoms with Crippen molar-refractivity contribution in [1.82, 2.24) is 4.98 Å². The maximum Gasteiger partial charge on any atom is 0.257 e. The Kier molecular flexibility index (Phi) is 5.36. The van der Waals surface area contributed by atoms with Crippen LogP contribution >= 0.6 is 38.9 Å². The molecule has 2 amide bonds. The lowest BCUT2D eigenvalue weighted by Gasteiger charge is -2.07. The van der Waals surface area contributed by atoms with Crippen LogP contribution in [0.4, 0.5) is 10.8 Å². The largest absolute Gasteiger partial charge is 0.322 e. The van der Waals surface area contributed by atoms with E-state index >= 15 is 0 Å². The second kappa shape index (κ2) is 7.51. The third kappa shape index (κ3) is 4.18. The quantitative estimate of drug-likeness (QED) is 0.579. The van der Waals surface area contributed by atoms with Crippen molar-refractivity contribution in [3.8, 4) is 0 Å². The number of rotatable bonds is 4. The molecule has 0 radical (unpaired) electrons. The zero-order valence-electron chi connectivity index (χ0n) is 13.1. The van der Waals surface area contributed by atoms with Crippen LogP contribution in [0.15, 0.2) is 40.9 Å². The fourth-order valence-corrected chi connectivity index (χ4v) is 3.62. The molecule has 0 bridgehead atoms. The van der Waals surface area contributed by atoms with Crippen LogP contribution in [0.1, 0.15) is 23.7 Å². The molecule has 1 heterocycles. The summed E-state index contributed by atoms with van der Waals surface area (Å²) in [6, 6.07) is 10.5. The van der Waals surface area contributed by atoms with Crippen LogP contribution < -0.4 is 10.6 Å². The number of anilines is 2. The van der Waals surface area contributed by atoms with E-state index in [1.807, 2.05) is 6.07 Å². The van der Waals surface area contributed by atoms with Crippen molar-refractivity contribution in [2.45, 2.75) is 13.3 Å². The number of aromatic nitrogens is 1. The molecular formula is C17H13BrClN3O2S. The minimum absolute atomic E-state index is 0.0862. The van der Waals surface area contributed by atoms with E-state index in [1.54, 1.807) is 37.3 Å². The number of hydrogen-bond donors (Lipinski definition) is 2. The molecule has 0 spiro atoms. The highest BCUT2D eigenvalue weighted by Crippen LogP contribution is 2.29. The standard InChI is InChI=1S/C17H13BrClN3O2S/c1-2-15(23)22-17-21-13-6-4-10(8-14(13)25-17)20-16(24)11-7-9(18)3-5-12(11)19/h3-8H,2H2,1H3,(H,20,24)(H,21,22,23). The first-order chi connectivity index (χ1) is 12.0. The molecule has 0 saturated heterocycles. The molecule has 2 N–H and O–H groups in total. The topological polar surface area (TPSA) is 71.1 Å². The van der Waals surface area contributed by atoms with Crippen LogP contribution in [0, 0.1) is 0 Å². The van der Waals surface area contributed by atoms with E-state index in [9.17, 15) is 9.59 Å². The van der Waals surface area contributed by atoms with Gasteiger partial charge in [-0.25, -0.2) is 4.98 Å². The number of halogens is 2. The maximum atomic E-state index is 12.4. The molecule has 3 rings (SSSR count). The Morgan fingerprint density at radius 2 is 2.00 bits per heavy atom. The lowest BCUT2D eigenvalue weighted by molar-refractivity contribution is -0.115. The van der Waals surface area contributed by atoms with Crippen LogP contribution in [-0.4, -0.2) is 16.8 Å². The highest BCUT2D eigenvalue weighted by molar-refractivity contribution is 9.10. The Bertz CT molecular complexity index is 974. The summed E-state index contributed by atoms with van der Waals surface area (Å²) >= 11 is 10.8. The SMILES string of the molecule is CCC(=O)Nc1nc2ccc(NC(=O)c3cc(Br)ccc3Cl)cc2s1. The summed E-state index contributed by atoms with van der Waals surface area (Å²) in [6.45, 7) is 1.78. The average Bonchev–Trinajstić information content (AvgIpc) is 2.98. The molecule has 0 unspecified atom stereocenters. The molecule has 3 aromatic rings. The molecule has 128 valence electrons. The van der Waals surface area contributed by atoms with Gasteiger partial charge in [0.1, 0.15) is 0 Å². The summed E-state index contributed by atoms with van der Waals surface area (Å²) < 4.78 is 1.64. The number of nitrogens with one attached hydrogen (secondary N) is 2. The van der Waals surface area contributed by atoms with Crippen molar-refractivity contribution < 1.29 is 9.59 Å². The van der Waals surface area contributed by atoms with Crippen LogP contribution in [0.5, 0.6) is 0 Å². The Balaban J connectivity index is 1.83. The number of fused-ring (bicyclic) bond motifs is 1. The van der Waals surface area contributed by atoms with E-state index in [2.05, 4.69) is 31.5 Å². The van der Waals surface area contributed by atoms with Crippen LogP contribution in [0.2, 0.25) is 5.02 Å². The van der Waals surface area contributed by atoms with E-state index in [1.165, 1.54) is 11.3 Å². The molecule has 1 aromatic heterocycles. The van der Waals surface area contributed by atoms with Crippen molar-refractivity contribution in [3.05, 3.63) is 51.5 Å². The third-order valence-corrected chi connectivity index (χ3v) is 5.14. The first-order valence-corrected chi connectivity index (χ1v) is 9.42. The zero-order chi connectivity index (χ0) is 18.0. The van der Waals surface area contributed by atoms with Gasteiger partial charge < -0.3 is 10.6 Å². The van der Waals surface area contributed by atoms with Crippen molar-refractivity contribution in [2.75, 3.05) is 10.6 Å². The number of hydrogen-bond acceptors (Lipinski definition) is 4. The molecule has 0 saturated carbocycles. The Labute approximate surface area is 161 Å². The smallest absolute Gasteiger partial charge is 0.257 e. The summed E-state index contributed by atoms with van der Waals surface area (Å²) in [7, 11) is 0. The molecule has 25 heavy (non-hydrogen) atoms. The first-order valence-electron chi connectivity index (χ1n) is 7.43. The lowest BCUT2D eigenvalue weighted by atomic mass is 10.2. The van der Waals surface area contributed by atoms with Gasteiger partial charge in [-0.1, -0.05) is 45.8 Å². The van der Waals surface area contributed by atoms with Crippen LogP contribution in [0.3, 0.4) is 0 Å². The highest BCUT2D eigenvalue weighted by Gasteiger charge is 2.13. The predicted octanol–water partition coefficient (Wildman–Crippen LogP) is 5.31. The van der Waals surface area contributed by atoms with Gasteiger partial charge in [-0.15, -0.1) is 0 Å². The number of thiazole rings is 1. The minimum atomic E-state index is -0.297. The second-order valence-electron chi connectivity index (χ2n) is 5.18. The van der Waals surface area contributed by atoms with E-state index in [-0.39, 0.29) is 11.8 Å². The third-order valence-electron chi connectivity index (χ3n) is 3.39. The number of carbonyl (C=O) groups is 2. The van der Waals surface area contributed by atoms with Crippen molar-refractivity contribution in [3.63, 3.8) is 0 Å². The van der Waals surface area contributed by atoms with Gasteiger partial charge >= 0.3 is 0 Å². The first kappa shape index (κ1) is 17.8. The molecule has 0 atom stereocenters. The summed E-state index contributed by atoms with van der Waals surface area (Å²) in [6.07, 6.45) is 0.393. The van der Waals surface area contributed by atoms with Gasteiger partial charge in [-0.2, -0.15) is 0 Å². The molecule has 0 aliphatic rings. The molecule has 0 aliphatic carbocycles. The van der Waals surface area contributed by atoms with Crippen molar-refractivity contribution in [1.29, 1.82) is 0 Å². The fourth-order valence-electron chi connectivity index (χ4n) is 2.13. The normalized spacial score (nSPS) is 10.7. The lowest BCUT2D eigenvalue weighted by Crippen LogP contribution is -2.12. The number of benzene rings is 2. The predicted molar refractivity (Wildman–Crippen MR) is 106 cm³/mol. The van der Waals surface area contributed by atoms with Crippen molar-refractivity contribution >= 4 is 71.7 Å². The maximum absolute atomic E-state index is 12.4. The average molecular weight is 439 g/mol.